The van der Waals surface area contributed by atoms with Gasteiger partial charge in [-0.15, -0.1) is 11.8 Å². The highest BCUT2D eigenvalue weighted by molar-refractivity contribution is 7.99. The molecule has 0 spiro atoms. The van der Waals surface area contributed by atoms with Gasteiger partial charge in [0.2, 0.25) is 11.8 Å². The van der Waals surface area contributed by atoms with Crippen molar-refractivity contribution >= 4 is 23.6 Å². The predicted octanol–water partition coefficient (Wildman–Crippen LogP) is 4.87. The fourth-order valence-electron chi connectivity index (χ4n) is 3.33. The van der Waals surface area contributed by atoms with Crippen LogP contribution in [0.15, 0.2) is 48.5 Å². The van der Waals surface area contributed by atoms with Gasteiger partial charge in [-0.1, -0.05) is 59.7 Å². The summed E-state index contributed by atoms with van der Waals surface area (Å²) in [7, 11) is 0. The molecule has 0 aliphatic rings. The van der Waals surface area contributed by atoms with E-state index < -0.39 is 6.04 Å². The third-order valence-electron chi connectivity index (χ3n) is 4.64. The molecule has 1 unspecified atom stereocenters. The molecular formula is C25H34N2O2S. The molecule has 0 saturated carbocycles. The third kappa shape index (κ3) is 7.86. The van der Waals surface area contributed by atoms with Crippen molar-refractivity contribution < 1.29 is 9.59 Å². The summed E-state index contributed by atoms with van der Waals surface area (Å²) in [6, 6.07) is 15.7. The average Bonchev–Trinajstić information content (AvgIpc) is 2.64. The van der Waals surface area contributed by atoms with Crippen molar-refractivity contribution in [2.75, 3.05) is 5.75 Å². The Balaban J connectivity index is 2.08. The van der Waals surface area contributed by atoms with E-state index in [9.17, 15) is 9.59 Å². The van der Waals surface area contributed by atoms with Crippen LogP contribution in [0.4, 0.5) is 0 Å². The van der Waals surface area contributed by atoms with E-state index in [4.69, 9.17) is 0 Å². The summed E-state index contributed by atoms with van der Waals surface area (Å²) >= 11 is 1.59. The lowest BCUT2D eigenvalue weighted by molar-refractivity contribution is -0.139. The minimum Gasteiger partial charge on any atom is -0.350 e. The number of carbonyl (C=O) groups is 2. The molecule has 4 nitrogen and oxygen atoms in total. The molecule has 30 heavy (non-hydrogen) atoms. The molecule has 0 aliphatic carbocycles. The van der Waals surface area contributed by atoms with Gasteiger partial charge in [-0.2, -0.15) is 0 Å². The Labute approximate surface area is 185 Å². The normalized spacial score (nSPS) is 12.3. The van der Waals surface area contributed by atoms with Gasteiger partial charge in [0.25, 0.3) is 0 Å². The van der Waals surface area contributed by atoms with Gasteiger partial charge in [0.1, 0.15) is 6.04 Å². The number of thioether (sulfide) groups is 1. The maximum absolute atomic E-state index is 13.1. The van der Waals surface area contributed by atoms with Crippen molar-refractivity contribution in [2.45, 2.75) is 65.4 Å². The van der Waals surface area contributed by atoms with Crippen LogP contribution in [0, 0.1) is 13.8 Å². The predicted molar refractivity (Wildman–Crippen MR) is 126 cm³/mol. The highest BCUT2D eigenvalue weighted by Gasteiger charge is 2.28. The maximum atomic E-state index is 13.1. The minimum absolute atomic E-state index is 0.0233. The van der Waals surface area contributed by atoms with Crippen LogP contribution in [0.1, 0.15) is 49.9 Å². The Bertz CT molecular complexity index is 839. The van der Waals surface area contributed by atoms with Crippen LogP contribution in [0.5, 0.6) is 0 Å². The van der Waals surface area contributed by atoms with Crippen LogP contribution in [-0.2, 0) is 21.9 Å². The summed E-state index contributed by atoms with van der Waals surface area (Å²) in [6.07, 6.45) is 0. The first-order chi connectivity index (χ1) is 14.0. The minimum atomic E-state index is -0.543. The summed E-state index contributed by atoms with van der Waals surface area (Å²) in [5.41, 5.74) is 4.36. The van der Waals surface area contributed by atoms with Crippen molar-refractivity contribution in [3.63, 3.8) is 0 Å². The van der Waals surface area contributed by atoms with E-state index in [0.717, 1.165) is 11.3 Å². The number of benzene rings is 2. The largest absolute Gasteiger partial charge is 0.350 e. The number of aryl methyl sites for hydroxylation is 2. The topological polar surface area (TPSA) is 49.4 Å². The summed E-state index contributed by atoms with van der Waals surface area (Å²) in [4.78, 5) is 27.5. The van der Waals surface area contributed by atoms with Gasteiger partial charge < -0.3 is 10.2 Å². The number of carbonyl (C=O) groups excluding carboxylic acids is 2. The first kappa shape index (κ1) is 24.0. The SMILES string of the molecule is Cc1cc(C)cc(CSCC(=O)N(Cc2ccccc2)C(C)C(=O)NC(C)(C)C)c1. The molecule has 0 fully saturated rings. The molecule has 162 valence electrons. The van der Waals surface area contributed by atoms with Gasteiger partial charge in [-0.25, -0.2) is 0 Å². The zero-order chi connectivity index (χ0) is 22.3. The van der Waals surface area contributed by atoms with Crippen LogP contribution < -0.4 is 5.32 Å². The second-order valence-electron chi connectivity index (χ2n) is 8.91. The molecule has 5 heteroatoms. The Hall–Kier alpha value is -2.27. The molecule has 2 amide bonds. The molecule has 0 bridgehead atoms. The number of rotatable bonds is 8. The van der Waals surface area contributed by atoms with E-state index in [1.54, 1.807) is 23.6 Å². The fraction of sp³-hybridized carbons (Fsp3) is 0.440. The molecule has 2 aromatic rings. The van der Waals surface area contributed by atoms with Crippen LogP contribution in [0.25, 0.3) is 0 Å². The molecule has 0 aliphatic heterocycles. The molecule has 1 N–H and O–H groups in total. The zero-order valence-corrected chi connectivity index (χ0v) is 19.8. The van der Waals surface area contributed by atoms with Crippen LogP contribution in [0.3, 0.4) is 0 Å². The van der Waals surface area contributed by atoms with Gasteiger partial charge in [-0.05, 0) is 52.7 Å². The monoisotopic (exact) mass is 426 g/mol. The molecule has 0 aromatic heterocycles. The Kier molecular flexibility index (Phi) is 8.54. The van der Waals surface area contributed by atoms with E-state index in [1.807, 2.05) is 51.1 Å². The van der Waals surface area contributed by atoms with Crippen molar-refractivity contribution in [2.24, 2.45) is 0 Å². The fourth-order valence-corrected chi connectivity index (χ4v) is 4.17. The number of amides is 2. The lowest BCUT2D eigenvalue weighted by Crippen LogP contribution is -2.52. The van der Waals surface area contributed by atoms with Crippen molar-refractivity contribution in [3.8, 4) is 0 Å². The number of nitrogens with zero attached hydrogens (tertiary/aromatic N) is 1. The summed E-state index contributed by atoms with van der Waals surface area (Å²) in [6.45, 7) is 12.2. The molecule has 1 atom stereocenters. The van der Waals surface area contributed by atoms with E-state index in [0.29, 0.717) is 12.3 Å². The zero-order valence-electron chi connectivity index (χ0n) is 19.0. The highest BCUT2D eigenvalue weighted by Crippen LogP contribution is 2.18. The van der Waals surface area contributed by atoms with Crippen molar-refractivity contribution in [3.05, 3.63) is 70.8 Å². The van der Waals surface area contributed by atoms with Gasteiger partial charge >= 0.3 is 0 Å². The van der Waals surface area contributed by atoms with E-state index in [1.165, 1.54) is 16.7 Å². The molecule has 0 radical (unpaired) electrons. The quantitative estimate of drug-likeness (QED) is 0.655. The third-order valence-corrected chi connectivity index (χ3v) is 5.63. The molecule has 2 aromatic carbocycles. The number of nitrogens with one attached hydrogen (secondary N) is 1. The lowest BCUT2D eigenvalue weighted by Gasteiger charge is -2.31. The second-order valence-corrected chi connectivity index (χ2v) is 9.90. The standard InChI is InChI=1S/C25H34N2O2S/c1-18-12-19(2)14-22(13-18)16-30-17-23(28)27(15-21-10-8-7-9-11-21)20(3)24(29)26-25(4,5)6/h7-14,20H,15-17H2,1-6H3,(H,26,29). The van der Waals surface area contributed by atoms with Crippen molar-refractivity contribution in [1.82, 2.24) is 10.2 Å². The molecule has 0 heterocycles. The van der Waals surface area contributed by atoms with Gasteiger partial charge in [0.05, 0.1) is 5.75 Å². The second kappa shape index (κ2) is 10.7. The van der Waals surface area contributed by atoms with Crippen molar-refractivity contribution in [1.29, 1.82) is 0 Å². The maximum Gasteiger partial charge on any atom is 0.242 e. The van der Waals surface area contributed by atoms with E-state index >= 15 is 0 Å². The van der Waals surface area contributed by atoms with Gasteiger partial charge in [-0.3, -0.25) is 9.59 Å². The first-order valence-corrected chi connectivity index (χ1v) is 11.5. The van der Waals surface area contributed by atoms with Gasteiger partial charge in [0.15, 0.2) is 0 Å². The Morgan fingerprint density at radius 1 is 1.00 bits per heavy atom. The van der Waals surface area contributed by atoms with Crippen LogP contribution >= 0.6 is 11.8 Å². The smallest absolute Gasteiger partial charge is 0.242 e. The first-order valence-electron chi connectivity index (χ1n) is 10.4. The Morgan fingerprint density at radius 3 is 2.17 bits per heavy atom. The molecule has 0 saturated heterocycles. The highest BCUT2D eigenvalue weighted by atomic mass is 32.2. The summed E-state index contributed by atoms with van der Waals surface area (Å²) in [5, 5.41) is 2.99. The van der Waals surface area contributed by atoms with Crippen LogP contribution in [-0.4, -0.2) is 34.0 Å². The Morgan fingerprint density at radius 2 is 1.60 bits per heavy atom. The summed E-state index contributed by atoms with van der Waals surface area (Å²) in [5.74, 6) is 0.957. The van der Waals surface area contributed by atoms with Crippen LogP contribution in [0.2, 0.25) is 0 Å². The lowest BCUT2D eigenvalue weighted by atomic mass is 10.1. The number of hydrogen-bond acceptors (Lipinski definition) is 3. The number of hydrogen-bond donors (Lipinski definition) is 1. The average molecular weight is 427 g/mol. The van der Waals surface area contributed by atoms with E-state index in [2.05, 4.69) is 37.4 Å². The van der Waals surface area contributed by atoms with Gasteiger partial charge in [0, 0.05) is 17.8 Å². The summed E-state index contributed by atoms with van der Waals surface area (Å²) < 4.78 is 0. The molecule has 2 rings (SSSR count). The van der Waals surface area contributed by atoms with E-state index in [-0.39, 0.29) is 17.4 Å². The molecular weight excluding hydrogens is 392 g/mol.